The second-order valence-corrected chi connectivity index (χ2v) is 16.8. The molecule has 2 aromatic heterocycles. The molecule has 0 spiro atoms. The van der Waals surface area contributed by atoms with Crippen LogP contribution in [0.25, 0.3) is 127 Å². The molecule has 0 amide bonds. The van der Waals surface area contributed by atoms with E-state index in [1.165, 1.54) is 70.6 Å². The van der Waals surface area contributed by atoms with Gasteiger partial charge in [-0.25, -0.2) is 15.0 Å². The average Bonchev–Trinajstić information content (AvgIpc) is 3.72. The Morgan fingerprint density at radius 2 is 0.723 bits per heavy atom. The van der Waals surface area contributed by atoms with Crippen LogP contribution in [0.3, 0.4) is 0 Å². The molecule has 0 aliphatic carbocycles. The van der Waals surface area contributed by atoms with Crippen LogP contribution in [0.5, 0.6) is 0 Å². The summed E-state index contributed by atoms with van der Waals surface area (Å²) in [6, 6.07) is 82.6. The molecule has 2 heterocycles. The third-order valence-corrected chi connectivity index (χ3v) is 13.0. The molecule has 0 radical (unpaired) electrons. The summed E-state index contributed by atoms with van der Waals surface area (Å²) in [5, 5.41) is 12.1. The fraction of sp³-hybridized carbons (Fsp3) is 0. The van der Waals surface area contributed by atoms with E-state index >= 15 is 0 Å². The van der Waals surface area contributed by atoms with E-state index in [0.29, 0.717) is 17.5 Å². The SMILES string of the molecule is c1ccc(-c2ccc3c(c2)c2ccccc2n3-c2ccc3c4ccccc4c4cc(-c5cc(-c6nc(-c7ccccc7)nc(-c7ccccc7)n6)cc6ccccc56)ccc4c3c2)cc1. The zero-order valence-electron chi connectivity index (χ0n) is 35.2. The number of hydrogen-bond acceptors (Lipinski definition) is 3. The molecule has 0 bridgehead atoms. The van der Waals surface area contributed by atoms with Crippen LogP contribution in [0.2, 0.25) is 0 Å². The Balaban J connectivity index is 1.01. The van der Waals surface area contributed by atoms with Crippen LogP contribution >= 0.6 is 0 Å². The van der Waals surface area contributed by atoms with E-state index in [9.17, 15) is 0 Å². The molecule has 0 N–H and O–H groups in total. The third kappa shape index (κ3) is 6.18. The van der Waals surface area contributed by atoms with Gasteiger partial charge in [-0.2, -0.15) is 0 Å². The maximum Gasteiger partial charge on any atom is 0.164 e. The van der Waals surface area contributed by atoms with Gasteiger partial charge in [-0.1, -0.05) is 182 Å². The highest BCUT2D eigenvalue weighted by Crippen LogP contribution is 2.42. The molecule has 65 heavy (non-hydrogen) atoms. The van der Waals surface area contributed by atoms with Crippen LogP contribution in [0.15, 0.2) is 231 Å². The number of fused-ring (bicyclic) bond motifs is 10. The Hall–Kier alpha value is -8.73. The van der Waals surface area contributed by atoms with Crippen molar-refractivity contribution in [2.45, 2.75) is 0 Å². The van der Waals surface area contributed by atoms with E-state index in [1.807, 2.05) is 36.4 Å². The Bertz CT molecular complexity index is 3930. The van der Waals surface area contributed by atoms with Gasteiger partial charge in [0.15, 0.2) is 17.5 Å². The van der Waals surface area contributed by atoms with E-state index in [0.717, 1.165) is 38.9 Å². The highest BCUT2D eigenvalue weighted by atomic mass is 15.0. The standard InChI is InChI=1S/C61H38N4/c1-4-16-39(17-5-1)42-29-33-58-56(35-42)52-26-14-15-27-57(52)65(58)46-30-32-50-48-24-12-13-25-49(48)54-36-44(28-31-51(54)55(50)38-46)53-37-45(34-43-22-10-11-23-47(43)53)61-63-59(40-18-6-2-7-19-40)62-60(64-61)41-20-8-3-9-21-41/h1-38H. The van der Waals surface area contributed by atoms with Gasteiger partial charge < -0.3 is 4.57 Å². The maximum absolute atomic E-state index is 5.13. The highest BCUT2D eigenvalue weighted by Gasteiger charge is 2.18. The van der Waals surface area contributed by atoms with Crippen molar-refractivity contribution in [2.24, 2.45) is 0 Å². The molecule has 4 nitrogen and oxygen atoms in total. The normalized spacial score (nSPS) is 11.7. The predicted molar refractivity (Wildman–Crippen MR) is 271 cm³/mol. The van der Waals surface area contributed by atoms with E-state index in [2.05, 4.69) is 199 Å². The zero-order valence-corrected chi connectivity index (χ0v) is 35.2. The second kappa shape index (κ2) is 15.0. The van der Waals surface area contributed by atoms with Crippen molar-refractivity contribution in [1.82, 2.24) is 19.5 Å². The second-order valence-electron chi connectivity index (χ2n) is 16.8. The first-order chi connectivity index (χ1) is 32.2. The lowest BCUT2D eigenvalue weighted by Gasteiger charge is -2.16. The molecular formula is C61H38N4. The lowest BCUT2D eigenvalue weighted by atomic mass is 9.90. The van der Waals surface area contributed by atoms with Crippen molar-refractivity contribution in [3.63, 3.8) is 0 Å². The number of rotatable bonds is 6. The fourth-order valence-electron chi connectivity index (χ4n) is 9.93. The minimum absolute atomic E-state index is 0.635. The first kappa shape index (κ1) is 36.9. The number of aromatic nitrogens is 4. The summed E-state index contributed by atoms with van der Waals surface area (Å²) in [6.07, 6.45) is 0. The van der Waals surface area contributed by atoms with Gasteiger partial charge in [0.1, 0.15) is 0 Å². The van der Waals surface area contributed by atoms with Crippen molar-refractivity contribution in [3.05, 3.63) is 231 Å². The van der Waals surface area contributed by atoms with Crippen molar-refractivity contribution < 1.29 is 0 Å². The molecule has 302 valence electrons. The predicted octanol–water partition coefficient (Wildman–Crippen LogP) is 15.9. The quantitative estimate of drug-likeness (QED) is 0.157. The minimum atomic E-state index is 0.635. The Morgan fingerprint density at radius 1 is 0.246 bits per heavy atom. The lowest BCUT2D eigenvalue weighted by Crippen LogP contribution is -2.00. The molecule has 4 heteroatoms. The summed E-state index contributed by atoms with van der Waals surface area (Å²) in [6.45, 7) is 0. The van der Waals surface area contributed by atoms with Crippen LogP contribution in [0, 0.1) is 0 Å². The van der Waals surface area contributed by atoms with Crippen molar-refractivity contribution in [3.8, 4) is 62.1 Å². The van der Waals surface area contributed by atoms with Gasteiger partial charge in [0.2, 0.25) is 0 Å². The Morgan fingerprint density at radius 3 is 1.43 bits per heavy atom. The van der Waals surface area contributed by atoms with Crippen molar-refractivity contribution >= 4 is 64.9 Å². The molecule has 0 aliphatic heterocycles. The van der Waals surface area contributed by atoms with Crippen molar-refractivity contribution in [1.29, 1.82) is 0 Å². The van der Waals surface area contributed by atoms with Crippen LogP contribution in [-0.4, -0.2) is 19.5 Å². The first-order valence-electron chi connectivity index (χ1n) is 22.1. The first-order valence-corrected chi connectivity index (χ1v) is 22.1. The van der Waals surface area contributed by atoms with E-state index in [4.69, 9.17) is 15.0 Å². The van der Waals surface area contributed by atoms with Gasteiger partial charge in [-0.05, 0) is 114 Å². The Labute approximate surface area is 375 Å². The summed E-state index contributed by atoms with van der Waals surface area (Å²) in [7, 11) is 0. The van der Waals surface area contributed by atoms with Crippen LogP contribution in [0.1, 0.15) is 0 Å². The molecule has 0 aliphatic rings. The van der Waals surface area contributed by atoms with Gasteiger partial charge in [0.05, 0.1) is 11.0 Å². The summed E-state index contributed by atoms with van der Waals surface area (Å²) in [4.78, 5) is 15.2. The van der Waals surface area contributed by atoms with Gasteiger partial charge in [0, 0.05) is 33.2 Å². The minimum Gasteiger partial charge on any atom is -0.309 e. The molecule has 0 fully saturated rings. The monoisotopic (exact) mass is 826 g/mol. The number of nitrogens with zero attached hydrogens (tertiary/aromatic N) is 4. The highest BCUT2D eigenvalue weighted by molar-refractivity contribution is 6.26. The largest absolute Gasteiger partial charge is 0.309 e. The molecule has 13 rings (SSSR count). The van der Waals surface area contributed by atoms with Gasteiger partial charge >= 0.3 is 0 Å². The summed E-state index contributed by atoms with van der Waals surface area (Å²) < 4.78 is 2.43. The molecule has 0 saturated heterocycles. The van der Waals surface area contributed by atoms with Gasteiger partial charge in [-0.15, -0.1) is 0 Å². The van der Waals surface area contributed by atoms with Crippen molar-refractivity contribution in [2.75, 3.05) is 0 Å². The molecule has 0 atom stereocenters. The number of hydrogen-bond donors (Lipinski definition) is 0. The van der Waals surface area contributed by atoms with E-state index in [-0.39, 0.29) is 0 Å². The average molecular weight is 827 g/mol. The fourth-order valence-corrected chi connectivity index (χ4v) is 9.93. The summed E-state index contributed by atoms with van der Waals surface area (Å²) >= 11 is 0. The Kier molecular flexibility index (Phi) is 8.50. The van der Waals surface area contributed by atoms with Crippen LogP contribution < -0.4 is 0 Å². The zero-order chi connectivity index (χ0) is 42.8. The number of para-hydroxylation sites is 1. The number of benzene rings is 11. The third-order valence-electron chi connectivity index (χ3n) is 13.0. The van der Waals surface area contributed by atoms with Crippen LogP contribution in [0.4, 0.5) is 0 Å². The van der Waals surface area contributed by atoms with E-state index < -0.39 is 0 Å². The maximum atomic E-state index is 5.13. The molecule has 0 saturated carbocycles. The molecular weight excluding hydrogens is 789 g/mol. The smallest absolute Gasteiger partial charge is 0.164 e. The lowest BCUT2D eigenvalue weighted by molar-refractivity contribution is 1.07. The summed E-state index contributed by atoms with van der Waals surface area (Å²) in [5.41, 5.74) is 11.0. The summed E-state index contributed by atoms with van der Waals surface area (Å²) in [5.74, 6) is 1.92. The van der Waals surface area contributed by atoms with Gasteiger partial charge in [0.25, 0.3) is 0 Å². The molecule has 0 unspecified atom stereocenters. The van der Waals surface area contributed by atoms with E-state index in [1.54, 1.807) is 0 Å². The molecule has 11 aromatic carbocycles. The topological polar surface area (TPSA) is 43.6 Å². The molecule has 13 aromatic rings. The van der Waals surface area contributed by atoms with Gasteiger partial charge in [-0.3, -0.25) is 0 Å². The van der Waals surface area contributed by atoms with Crippen LogP contribution in [-0.2, 0) is 0 Å².